The SMILES string of the molecule is CC(C)(C)[Si](OC1CC(=O)OC(=O)C1)(c1ccccc1)c1ccccc1.CC(C)(C)[Si](OO[C@H](CC(=O)O)CC(=O)OCc1ccccc1)(c1ccccc1)c1ccccc1. The highest BCUT2D eigenvalue weighted by Crippen LogP contribution is 2.39. The summed E-state index contributed by atoms with van der Waals surface area (Å²) in [5.41, 5.74) is 0.847. The second kappa shape index (κ2) is 20.8. The minimum atomic E-state index is -3.05. The summed E-state index contributed by atoms with van der Waals surface area (Å²) in [5, 5.41) is 13.1. The van der Waals surface area contributed by atoms with Crippen molar-refractivity contribution in [2.45, 2.75) is 96.1 Å². The quantitative estimate of drug-likeness (QED) is 0.0377. The third-order valence-electron chi connectivity index (χ3n) is 10.5. The van der Waals surface area contributed by atoms with Crippen LogP contribution in [0.15, 0.2) is 152 Å². The Morgan fingerprint density at radius 2 is 0.984 bits per heavy atom. The van der Waals surface area contributed by atoms with Gasteiger partial charge in [-0.3, -0.25) is 23.8 Å². The fraction of sp³-hybridized carbons (Fsp3) is 0.306. The van der Waals surface area contributed by atoms with Crippen LogP contribution >= 0.6 is 0 Å². The van der Waals surface area contributed by atoms with Crippen LogP contribution in [0.3, 0.4) is 0 Å². The van der Waals surface area contributed by atoms with E-state index in [0.717, 1.165) is 26.3 Å². The first-order chi connectivity index (χ1) is 29.0. The van der Waals surface area contributed by atoms with Crippen molar-refractivity contribution in [2.24, 2.45) is 0 Å². The third kappa shape index (κ3) is 11.9. The second-order valence-corrected chi connectivity index (χ2v) is 25.5. The molecule has 0 amide bonds. The largest absolute Gasteiger partial charge is 0.481 e. The summed E-state index contributed by atoms with van der Waals surface area (Å²) in [6.07, 6.45) is -1.88. The lowest BCUT2D eigenvalue weighted by Crippen LogP contribution is -2.68. The van der Waals surface area contributed by atoms with Crippen molar-refractivity contribution in [1.82, 2.24) is 0 Å². The van der Waals surface area contributed by atoms with Crippen LogP contribution in [-0.2, 0) is 49.1 Å². The zero-order valence-corrected chi connectivity index (χ0v) is 37.7. The molecular formula is C49H56O10Si2. The summed E-state index contributed by atoms with van der Waals surface area (Å²) in [6.45, 7) is 12.9. The van der Waals surface area contributed by atoms with E-state index >= 15 is 0 Å². The summed E-state index contributed by atoms with van der Waals surface area (Å²) >= 11 is 0. The number of benzene rings is 5. The Kier molecular flexibility index (Phi) is 15.9. The van der Waals surface area contributed by atoms with Crippen LogP contribution in [0.1, 0.15) is 72.8 Å². The Bertz CT molecular complexity index is 2080. The van der Waals surface area contributed by atoms with Gasteiger partial charge >= 0.3 is 32.2 Å². The number of carboxylic acids is 1. The highest BCUT2D eigenvalue weighted by Gasteiger charge is 2.53. The molecule has 1 aliphatic rings. The maximum atomic E-state index is 12.5. The Balaban J connectivity index is 0.000000241. The number of carbonyl (C=O) groups excluding carboxylic acids is 3. The van der Waals surface area contributed by atoms with Crippen LogP contribution < -0.4 is 20.7 Å². The molecule has 1 atom stereocenters. The molecule has 12 heteroatoms. The monoisotopic (exact) mass is 860 g/mol. The van der Waals surface area contributed by atoms with Gasteiger partial charge < -0.3 is 19.0 Å². The van der Waals surface area contributed by atoms with E-state index in [0.29, 0.717) is 0 Å². The molecule has 5 aromatic rings. The Morgan fingerprint density at radius 1 is 0.607 bits per heavy atom. The predicted molar refractivity (Wildman–Crippen MR) is 240 cm³/mol. The molecule has 1 heterocycles. The number of rotatable bonds is 15. The van der Waals surface area contributed by atoms with E-state index in [4.69, 9.17) is 18.6 Å². The molecule has 6 rings (SSSR count). The number of carbonyl (C=O) groups is 4. The van der Waals surface area contributed by atoms with Gasteiger partial charge in [-0.15, -0.1) is 0 Å². The summed E-state index contributed by atoms with van der Waals surface area (Å²) in [5.74, 6) is -2.66. The highest BCUT2D eigenvalue weighted by atomic mass is 28.4. The zero-order valence-electron chi connectivity index (χ0n) is 35.7. The van der Waals surface area contributed by atoms with E-state index in [1.165, 1.54) is 0 Å². The lowest BCUT2D eigenvalue weighted by Gasteiger charge is -2.45. The molecule has 1 fully saturated rings. The van der Waals surface area contributed by atoms with Crippen molar-refractivity contribution in [1.29, 1.82) is 0 Å². The lowest BCUT2D eigenvalue weighted by atomic mass is 10.1. The Labute approximate surface area is 361 Å². The normalized spacial score (nSPS) is 14.3. The minimum Gasteiger partial charge on any atom is -0.481 e. The average Bonchev–Trinajstić information content (AvgIpc) is 3.23. The van der Waals surface area contributed by atoms with Gasteiger partial charge in [-0.25, -0.2) is 4.89 Å². The first kappa shape index (κ1) is 46.6. The maximum Gasteiger partial charge on any atom is 0.316 e. The molecular weight excluding hydrogens is 805 g/mol. The maximum absolute atomic E-state index is 12.5. The van der Waals surface area contributed by atoms with Crippen LogP contribution in [0.2, 0.25) is 10.1 Å². The molecule has 5 aromatic carbocycles. The van der Waals surface area contributed by atoms with Crippen molar-refractivity contribution >= 4 is 61.3 Å². The van der Waals surface area contributed by atoms with Crippen LogP contribution in [0.4, 0.5) is 0 Å². The fourth-order valence-electron chi connectivity index (χ4n) is 7.74. The van der Waals surface area contributed by atoms with E-state index in [1.807, 2.05) is 127 Å². The standard InChI is InChI=1S/C28H32O6Si.C21H24O4Si/c1-28(2,3)35(24-15-9-5-10-16-24,25-17-11-6-12-18-25)34-33-23(19-26(29)30)20-27(31)32-21-22-13-7-4-8-14-22;1-21(2,3)26(17-10-6-4-7-11-17,18-12-8-5-9-13-18)25-16-14-19(22)24-20(23)15-16/h4-18,23H,19-21H2,1-3H3,(H,29,30);4-13,16H,14-15H2,1-3H3/t23-;/m1./s1. The number of carboxylic acid groups (broad SMARTS) is 1. The molecule has 0 aromatic heterocycles. The van der Waals surface area contributed by atoms with Gasteiger partial charge in [0.25, 0.3) is 8.32 Å². The zero-order chi connectivity index (χ0) is 44.1. The number of hydrogen-bond acceptors (Lipinski definition) is 9. The van der Waals surface area contributed by atoms with Gasteiger partial charge in [0.1, 0.15) is 12.7 Å². The summed E-state index contributed by atoms with van der Waals surface area (Å²) in [6, 6.07) is 49.4. The van der Waals surface area contributed by atoms with Crippen molar-refractivity contribution in [3.05, 3.63) is 157 Å². The Morgan fingerprint density at radius 3 is 1.36 bits per heavy atom. The minimum absolute atomic E-state index is 0.106. The third-order valence-corrected chi connectivity index (χ3v) is 20.4. The van der Waals surface area contributed by atoms with E-state index in [9.17, 15) is 24.3 Å². The number of hydrogen-bond donors (Lipinski definition) is 1. The molecule has 0 unspecified atom stereocenters. The molecule has 0 radical (unpaired) electrons. The lowest BCUT2D eigenvalue weighted by molar-refractivity contribution is -0.258. The highest BCUT2D eigenvalue weighted by molar-refractivity contribution is 7.00. The number of cyclic esters (lactones) is 2. The van der Waals surface area contributed by atoms with Gasteiger partial charge in [0.15, 0.2) is 0 Å². The topological polar surface area (TPSA) is 135 Å². The average molecular weight is 861 g/mol. The van der Waals surface area contributed by atoms with Crippen LogP contribution in [0, 0.1) is 0 Å². The fourth-order valence-corrected chi connectivity index (χ4v) is 16.5. The molecule has 61 heavy (non-hydrogen) atoms. The molecule has 10 nitrogen and oxygen atoms in total. The molecule has 1 saturated heterocycles. The molecule has 0 saturated carbocycles. The molecule has 0 aliphatic carbocycles. The van der Waals surface area contributed by atoms with Gasteiger partial charge in [0, 0.05) is 0 Å². The first-order valence-electron chi connectivity index (χ1n) is 20.4. The summed E-state index contributed by atoms with van der Waals surface area (Å²) < 4.78 is 23.2. The van der Waals surface area contributed by atoms with Crippen molar-refractivity contribution in [2.75, 3.05) is 0 Å². The van der Waals surface area contributed by atoms with Crippen molar-refractivity contribution in [3.8, 4) is 0 Å². The number of aliphatic carboxylic acids is 1. The van der Waals surface area contributed by atoms with Gasteiger partial charge in [0.2, 0.25) is 0 Å². The number of esters is 3. The molecule has 0 spiro atoms. The van der Waals surface area contributed by atoms with Gasteiger partial charge in [0.05, 0.1) is 31.8 Å². The molecule has 0 bridgehead atoms. The van der Waals surface area contributed by atoms with Crippen LogP contribution in [-0.4, -0.2) is 57.8 Å². The van der Waals surface area contributed by atoms with Crippen LogP contribution in [0.5, 0.6) is 0 Å². The van der Waals surface area contributed by atoms with E-state index < -0.39 is 59.1 Å². The first-order valence-corrected chi connectivity index (χ1v) is 24.3. The summed E-state index contributed by atoms with van der Waals surface area (Å²) in [4.78, 5) is 53.5. The molecule has 1 N–H and O–H groups in total. The van der Waals surface area contributed by atoms with E-state index in [2.05, 4.69) is 70.5 Å². The van der Waals surface area contributed by atoms with Gasteiger partial charge in [-0.1, -0.05) is 193 Å². The van der Waals surface area contributed by atoms with E-state index in [-0.39, 0.29) is 35.9 Å². The molecule has 320 valence electrons. The summed E-state index contributed by atoms with van der Waals surface area (Å²) in [7, 11) is -5.81. The Hall–Kier alpha value is -5.51. The van der Waals surface area contributed by atoms with Crippen molar-refractivity contribution in [3.63, 3.8) is 0 Å². The van der Waals surface area contributed by atoms with Gasteiger partial charge in [-0.05, 0) is 36.4 Å². The number of ether oxygens (including phenoxy) is 2. The predicted octanol–water partition coefficient (Wildman–Crippen LogP) is 7.27. The van der Waals surface area contributed by atoms with Crippen molar-refractivity contribution < 1.29 is 47.6 Å². The molecule has 1 aliphatic heterocycles. The van der Waals surface area contributed by atoms with E-state index in [1.54, 1.807) is 0 Å². The smallest absolute Gasteiger partial charge is 0.316 e. The second-order valence-electron chi connectivity index (χ2n) is 17.1. The van der Waals surface area contributed by atoms with Crippen LogP contribution in [0.25, 0.3) is 0 Å². The van der Waals surface area contributed by atoms with Gasteiger partial charge in [-0.2, -0.15) is 0 Å².